The molecule has 0 radical (unpaired) electrons. The summed E-state index contributed by atoms with van der Waals surface area (Å²) in [6, 6.07) is 2.83. The second-order valence-corrected chi connectivity index (χ2v) is 7.33. The summed E-state index contributed by atoms with van der Waals surface area (Å²) in [6.45, 7) is 1.53. The van der Waals surface area contributed by atoms with Crippen LogP contribution in [0, 0.1) is 11.8 Å². The molecule has 0 amide bonds. The first kappa shape index (κ1) is 15.6. The third-order valence-corrected chi connectivity index (χ3v) is 5.52. The Balaban J connectivity index is 2.42. The van der Waals surface area contributed by atoms with Crippen molar-refractivity contribution in [2.75, 3.05) is 6.61 Å². The molecule has 1 saturated carbocycles. The standard InChI is InChI=1S/C13H13Cl2NO3S/c1-13(4-5-13)16-20(18,19)12-10(14)7-9(3-2-6-17)8-11(12)15/h7-8,16-17H,4-6H2,1H3. The largest absolute Gasteiger partial charge is 0.384 e. The van der Waals surface area contributed by atoms with E-state index in [-0.39, 0.29) is 21.5 Å². The molecule has 0 heterocycles. The Labute approximate surface area is 128 Å². The fourth-order valence-electron chi connectivity index (χ4n) is 1.70. The minimum Gasteiger partial charge on any atom is -0.384 e. The lowest BCUT2D eigenvalue weighted by molar-refractivity contribution is 0.350. The van der Waals surface area contributed by atoms with Gasteiger partial charge in [0.05, 0.1) is 10.0 Å². The highest BCUT2D eigenvalue weighted by atomic mass is 35.5. The molecule has 1 aromatic rings. The van der Waals surface area contributed by atoms with Gasteiger partial charge in [-0.15, -0.1) is 0 Å². The molecule has 0 spiro atoms. The van der Waals surface area contributed by atoms with Gasteiger partial charge in [-0.05, 0) is 31.9 Å². The zero-order valence-corrected chi connectivity index (χ0v) is 13.0. The normalized spacial score (nSPS) is 16.4. The number of hydrogen-bond acceptors (Lipinski definition) is 3. The van der Waals surface area contributed by atoms with E-state index in [1.165, 1.54) is 12.1 Å². The zero-order valence-electron chi connectivity index (χ0n) is 10.7. The first-order valence-corrected chi connectivity index (χ1v) is 8.14. The molecule has 7 heteroatoms. The van der Waals surface area contributed by atoms with Gasteiger partial charge in [-0.2, -0.15) is 0 Å². The van der Waals surface area contributed by atoms with Crippen LogP contribution >= 0.6 is 23.2 Å². The van der Waals surface area contributed by atoms with Crippen molar-refractivity contribution in [2.24, 2.45) is 0 Å². The molecule has 0 unspecified atom stereocenters. The second kappa shape index (κ2) is 5.55. The number of aliphatic hydroxyl groups excluding tert-OH is 1. The highest BCUT2D eigenvalue weighted by Crippen LogP contribution is 2.38. The minimum absolute atomic E-state index is 0.0106. The molecule has 2 rings (SSSR count). The van der Waals surface area contributed by atoms with Crippen molar-refractivity contribution in [1.29, 1.82) is 0 Å². The fourth-order valence-corrected chi connectivity index (χ4v) is 4.38. The summed E-state index contributed by atoms with van der Waals surface area (Å²) in [5.74, 6) is 5.08. The maximum absolute atomic E-state index is 12.3. The molecule has 108 valence electrons. The van der Waals surface area contributed by atoms with Crippen molar-refractivity contribution >= 4 is 33.2 Å². The molecule has 1 aromatic carbocycles. The summed E-state index contributed by atoms with van der Waals surface area (Å²) in [4.78, 5) is -0.136. The van der Waals surface area contributed by atoms with E-state index >= 15 is 0 Å². The highest BCUT2D eigenvalue weighted by Gasteiger charge is 2.42. The lowest BCUT2D eigenvalue weighted by Gasteiger charge is -2.14. The highest BCUT2D eigenvalue weighted by molar-refractivity contribution is 7.89. The summed E-state index contributed by atoms with van der Waals surface area (Å²) < 4.78 is 27.2. The molecular weight excluding hydrogens is 321 g/mol. The number of aliphatic hydroxyl groups is 1. The summed E-state index contributed by atoms with van der Waals surface area (Å²) in [5, 5.41) is 8.66. The van der Waals surface area contributed by atoms with Crippen molar-refractivity contribution in [3.63, 3.8) is 0 Å². The Morgan fingerprint density at radius 3 is 2.35 bits per heavy atom. The van der Waals surface area contributed by atoms with Gasteiger partial charge >= 0.3 is 0 Å². The van der Waals surface area contributed by atoms with E-state index in [9.17, 15) is 8.42 Å². The molecule has 20 heavy (non-hydrogen) atoms. The quantitative estimate of drug-likeness (QED) is 0.833. The molecule has 4 nitrogen and oxygen atoms in total. The second-order valence-electron chi connectivity index (χ2n) is 4.90. The molecule has 1 aliphatic rings. The van der Waals surface area contributed by atoms with Gasteiger partial charge < -0.3 is 5.11 Å². The fraction of sp³-hybridized carbons (Fsp3) is 0.385. The third kappa shape index (κ3) is 3.46. The number of hydrogen-bond donors (Lipinski definition) is 2. The maximum atomic E-state index is 12.3. The monoisotopic (exact) mass is 333 g/mol. The summed E-state index contributed by atoms with van der Waals surface area (Å²) in [5.41, 5.74) is 0.0477. The Hall–Kier alpha value is -0.770. The van der Waals surface area contributed by atoms with E-state index in [0.717, 1.165) is 12.8 Å². The van der Waals surface area contributed by atoms with Gasteiger partial charge in [-0.1, -0.05) is 35.0 Å². The van der Waals surface area contributed by atoms with E-state index in [0.29, 0.717) is 5.56 Å². The average molecular weight is 334 g/mol. The summed E-state index contributed by atoms with van der Waals surface area (Å²) in [6.07, 6.45) is 1.59. The SMILES string of the molecule is CC1(NS(=O)(=O)c2c(Cl)cc(C#CCO)cc2Cl)CC1. The van der Waals surface area contributed by atoms with Crippen LogP contribution in [0.1, 0.15) is 25.3 Å². The molecular formula is C13H13Cl2NO3S. The molecule has 0 aromatic heterocycles. The van der Waals surface area contributed by atoms with Crippen molar-refractivity contribution in [3.05, 3.63) is 27.7 Å². The molecule has 0 atom stereocenters. The van der Waals surface area contributed by atoms with Crippen LogP contribution in [-0.4, -0.2) is 25.7 Å². The molecule has 1 fully saturated rings. The number of halogens is 2. The number of rotatable bonds is 3. The minimum atomic E-state index is -3.77. The van der Waals surface area contributed by atoms with Gasteiger partial charge in [0.2, 0.25) is 10.0 Å². The van der Waals surface area contributed by atoms with E-state index in [1.54, 1.807) is 0 Å². The molecule has 2 N–H and O–H groups in total. The van der Waals surface area contributed by atoms with Crippen molar-refractivity contribution in [2.45, 2.75) is 30.2 Å². The van der Waals surface area contributed by atoms with Crippen molar-refractivity contribution in [3.8, 4) is 11.8 Å². The lowest BCUT2D eigenvalue weighted by atomic mass is 10.2. The van der Waals surface area contributed by atoms with Gasteiger partial charge in [0.1, 0.15) is 11.5 Å². The summed E-state index contributed by atoms with van der Waals surface area (Å²) in [7, 11) is -3.77. The number of nitrogens with one attached hydrogen (secondary N) is 1. The lowest BCUT2D eigenvalue weighted by Crippen LogP contribution is -2.34. The van der Waals surface area contributed by atoms with Crippen LogP contribution in [-0.2, 0) is 10.0 Å². The number of sulfonamides is 1. The third-order valence-electron chi connectivity index (χ3n) is 2.96. The van der Waals surface area contributed by atoms with Gasteiger partial charge in [-0.25, -0.2) is 13.1 Å². The van der Waals surface area contributed by atoms with Gasteiger partial charge in [0, 0.05) is 11.1 Å². The molecule has 1 aliphatic carbocycles. The average Bonchev–Trinajstić information content (AvgIpc) is 3.01. The first-order chi connectivity index (χ1) is 9.27. The van der Waals surface area contributed by atoms with Crippen LogP contribution < -0.4 is 4.72 Å². The van der Waals surface area contributed by atoms with Gasteiger partial charge in [-0.3, -0.25) is 0 Å². The van der Waals surface area contributed by atoms with Crippen LogP contribution in [0.3, 0.4) is 0 Å². The molecule has 0 saturated heterocycles. The van der Waals surface area contributed by atoms with Gasteiger partial charge in [0.25, 0.3) is 0 Å². The molecule has 0 aliphatic heterocycles. The Bertz CT molecular complexity index is 677. The number of benzene rings is 1. The van der Waals surface area contributed by atoms with Crippen molar-refractivity contribution in [1.82, 2.24) is 4.72 Å². The van der Waals surface area contributed by atoms with Crippen LogP contribution in [0.4, 0.5) is 0 Å². The van der Waals surface area contributed by atoms with E-state index in [1.807, 2.05) is 6.92 Å². The van der Waals surface area contributed by atoms with E-state index in [2.05, 4.69) is 16.6 Å². The molecule has 0 bridgehead atoms. The predicted molar refractivity (Wildman–Crippen MR) is 78.4 cm³/mol. The topological polar surface area (TPSA) is 66.4 Å². The van der Waals surface area contributed by atoms with Crippen molar-refractivity contribution < 1.29 is 13.5 Å². The Morgan fingerprint density at radius 1 is 1.35 bits per heavy atom. The predicted octanol–water partition coefficient (Wildman–Crippen LogP) is 2.17. The Morgan fingerprint density at radius 2 is 1.90 bits per heavy atom. The maximum Gasteiger partial charge on any atom is 0.244 e. The van der Waals surface area contributed by atoms with Crippen LogP contribution in [0.15, 0.2) is 17.0 Å². The van der Waals surface area contributed by atoms with E-state index < -0.39 is 15.6 Å². The van der Waals surface area contributed by atoms with Crippen LogP contribution in [0.5, 0.6) is 0 Å². The van der Waals surface area contributed by atoms with Crippen LogP contribution in [0.2, 0.25) is 10.0 Å². The van der Waals surface area contributed by atoms with Crippen LogP contribution in [0.25, 0.3) is 0 Å². The van der Waals surface area contributed by atoms with Gasteiger partial charge in [0.15, 0.2) is 0 Å². The van der Waals surface area contributed by atoms with E-state index in [4.69, 9.17) is 28.3 Å². The first-order valence-electron chi connectivity index (χ1n) is 5.90. The smallest absolute Gasteiger partial charge is 0.244 e. The zero-order chi connectivity index (χ0) is 15.0. The summed E-state index contributed by atoms with van der Waals surface area (Å²) >= 11 is 12.0. The Kier molecular flexibility index (Phi) is 4.33.